The van der Waals surface area contributed by atoms with Gasteiger partial charge in [-0.05, 0) is 49.6 Å². The SMILES string of the molecule is CCOC(=O)c1cc(C=O)cc(C(C)(C)O[SiH2]C(C)(C)C)c1. The Labute approximate surface area is 135 Å². The lowest BCUT2D eigenvalue weighted by Crippen LogP contribution is -2.28. The highest BCUT2D eigenvalue weighted by Gasteiger charge is 2.26. The van der Waals surface area contributed by atoms with E-state index in [2.05, 4.69) is 20.8 Å². The molecule has 1 aromatic rings. The fourth-order valence-corrected chi connectivity index (χ4v) is 2.84. The second-order valence-electron chi connectivity index (χ2n) is 7.04. The van der Waals surface area contributed by atoms with Crippen molar-refractivity contribution in [3.63, 3.8) is 0 Å². The van der Waals surface area contributed by atoms with E-state index < -0.39 is 21.3 Å². The van der Waals surface area contributed by atoms with E-state index in [9.17, 15) is 9.59 Å². The highest BCUT2D eigenvalue weighted by molar-refractivity contribution is 6.31. The van der Waals surface area contributed by atoms with Gasteiger partial charge in [-0.1, -0.05) is 20.8 Å². The van der Waals surface area contributed by atoms with E-state index in [0.29, 0.717) is 17.7 Å². The average Bonchev–Trinajstić information content (AvgIpc) is 2.44. The molecule has 0 heterocycles. The van der Waals surface area contributed by atoms with Crippen molar-refractivity contribution in [3.05, 3.63) is 34.9 Å². The van der Waals surface area contributed by atoms with Gasteiger partial charge < -0.3 is 9.16 Å². The van der Waals surface area contributed by atoms with Crippen LogP contribution in [0.15, 0.2) is 18.2 Å². The predicted octanol–water partition coefficient (Wildman–Crippen LogP) is 3.23. The van der Waals surface area contributed by atoms with Crippen molar-refractivity contribution in [2.24, 2.45) is 0 Å². The van der Waals surface area contributed by atoms with Gasteiger partial charge in [-0.15, -0.1) is 0 Å². The third-order valence-electron chi connectivity index (χ3n) is 3.16. The van der Waals surface area contributed by atoms with Crippen molar-refractivity contribution in [1.29, 1.82) is 0 Å². The molecule has 0 saturated carbocycles. The monoisotopic (exact) mass is 322 g/mol. The zero-order valence-corrected chi connectivity index (χ0v) is 15.8. The number of rotatable bonds is 6. The van der Waals surface area contributed by atoms with Crippen molar-refractivity contribution in [1.82, 2.24) is 0 Å². The quantitative estimate of drug-likeness (QED) is 0.458. The molecule has 0 aliphatic heterocycles. The molecule has 0 unspecified atom stereocenters. The lowest BCUT2D eigenvalue weighted by molar-refractivity contribution is 0.0525. The first kappa shape index (κ1) is 18.6. The van der Waals surface area contributed by atoms with Gasteiger partial charge in [0.25, 0.3) is 0 Å². The molecule has 4 nitrogen and oxygen atoms in total. The number of aldehydes is 1. The molecule has 22 heavy (non-hydrogen) atoms. The van der Waals surface area contributed by atoms with E-state index in [1.807, 2.05) is 13.8 Å². The van der Waals surface area contributed by atoms with Crippen LogP contribution in [0.1, 0.15) is 67.8 Å². The topological polar surface area (TPSA) is 52.6 Å². The van der Waals surface area contributed by atoms with Crippen molar-refractivity contribution >= 4 is 22.0 Å². The van der Waals surface area contributed by atoms with Crippen molar-refractivity contribution < 1.29 is 18.8 Å². The zero-order chi connectivity index (χ0) is 17.0. The number of ether oxygens (including phenoxy) is 1. The molecule has 0 radical (unpaired) electrons. The molecule has 0 aromatic heterocycles. The third kappa shape index (κ3) is 5.39. The smallest absolute Gasteiger partial charge is 0.338 e. The Morgan fingerprint density at radius 3 is 2.32 bits per heavy atom. The Kier molecular flexibility index (Phi) is 6.08. The fourth-order valence-electron chi connectivity index (χ4n) is 1.88. The van der Waals surface area contributed by atoms with Crippen LogP contribution < -0.4 is 0 Å². The molecule has 0 spiro atoms. The molecule has 0 aliphatic carbocycles. The molecule has 0 N–H and O–H groups in total. The summed E-state index contributed by atoms with van der Waals surface area (Å²) < 4.78 is 11.2. The standard InChI is InChI=1S/C17H26O4Si/c1-7-20-15(19)13-8-12(11-18)9-14(10-13)17(5,6)21-22-16(2,3)4/h8-11H,7,22H2,1-6H3. The Morgan fingerprint density at radius 2 is 1.82 bits per heavy atom. The Morgan fingerprint density at radius 1 is 1.18 bits per heavy atom. The summed E-state index contributed by atoms with van der Waals surface area (Å²) in [5, 5.41) is 0.170. The highest BCUT2D eigenvalue weighted by Crippen LogP contribution is 2.30. The number of carbonyl (C=O) groups is 2. The predicted molar refractivity (Wildman–Crippen MR) is 90.2 cm³/mol. The largest absolute Gasteiger partial charge is 0.462 e. The number of carbonyl (C=O) groups excluding carboxylic acids is 2. The molecule has 0 amide bonds. The summed E-state index contributed by atoms with van der Waals surface area (Å²) >= 11 is 0. The first-order valence-electron chi connectivity index (χ1n) is 7.51. The maximum Gasteiger partial charge on any atom is 0.338 e. The summed E-state index contributed by atoms with van der Waals surface area (Å²) in [7, 11) is -0.763. The molecule has 1 rings (SSSR count). The summed E-state index contributed by atoms with van der Waals surface area (Å²) in [6, 6.07) is 5.07. The molecule has 0 atom stereocenters. The van der Waals surface area contributed by atoms with E-state index in [4.69, 9.17) is 9.16 Å². The Hall–Kier alpha value is -1.46. The van der Waals surface area contributed by atoms with Crippen LogP contribution in [0.2, 0.25) is 5.04 Å². The number of esters is 1. The zero-order valence-electron chi connectivity index (χ0n) is 14.4. The molecule has 0 bridgehead atoms. The molecular formula is C17H26O4Si. The number of hydrogen-bond acceptors (Lipinski definition) is 4. The van der Waals surface area contributed by atoms with Crippen molar-refractivity contribution in [2.45, 2.75) is 52.2 Å². The van der Waals surface area contributed by atoms with Crippen LogP contribution in [0.25, 0.3) is 0 Å². The van der Waals surface area contributed by atoms with Gasteiger partial charge in [0.1, 0.15) is 6.29 Å². The fraction of sp³-hybridized carbons (Fsp3) is 0.529. The first-order valence-corrected chi connectivity index (χ1v) is 8.79. The van der Waals surface area contributed by atoms with Crippen LogP contribution in [0, 0.1) is 0 Å². The Balaban J connectivity index is 3.13. The van der Waals surface area contributed by atoms with Gasteiger partial charge in [0.2, 0.25) is 0 Å². The van der Waals surface area contributed by atoms with Crippen LogP contribution in [-0.2, 0) is 14.8 Å². The third-order valence-corrected chi connectivity index (χ3v) is 4.90. The van der Waals surface area contributed by atoms with Crippen LogP contribution >= 0.6 is 0 Å². The summed E-state index contributed by atoms with van der Waals surface area (Å²) in [6.07, 6.45) is 0.740. The maximum absolute atomic E-state index is 11.9. The molecule has 0 saturated heterocycles. The molecule has 0 fully saturated rings. The molecule has 5 heteroatoms. The lowest BCUT2D eigenvalue weighted by atomic mass is 9.94. The molecular weight excluding hydrogens is 296 g/mol. The summed E-state index contributed by atoms with van der Waals surface area (Å²) in [5.74, 6) is -0.420. The summed E-state index contributed by atoms with van der Waals surface area (Å²) in [4.78, 5) is 23.1. The normalized spacial score (nSPS) is 12.6. The minimum atomic E-state index is -0.763. The molecule has 122 valence electrons. The van der Waals surface area contributed by atoms with Gasteiger partial charge in [0.05, 0.1) is 17.8 Å². The van der Waals surface area contributed by atoms with Gasteiger partial charge in [-0.2, -0.15) is 0 Å². The van der Waals surface area contributed by atoms with Gasteiger partial charge in [0, 0.05) is 5.56 Å². The van der Waals surface area contributed by atoms with E-state index >= 15 is 0 Å². The van der Waals surface area contributed by atoms with E-state index in [1.165, 1.54) is 0 Å². The second-order valence-corrected chi connectivity index (χ2v) is 9.74. The maximum atomic E-state index is 11.9. The van der Waals surface area contributed by atoms with Crippen molar-refractivity contribution in [3.8, 4) is 0 Å². The molecule has 0 aliphatic rings. The lowest BCUT2D eigenvalue weighted by Gasteiger charge is -2.31. The first-order chi connectivity index (χ1) is 10.1. The number of benzene rings is 1. The average molecular weight is 322 g/mol. The minimum Gasteiger partial charge on any atom is -0.462 e. The van der Waals surface area contributed by atoms with Crippen LogP contribution in [0.3, 0.4) is 0 Å². The van der Waals surface area contributed by atoms with Crippen LogP contribution in [0.5, 0.6) is 0 Å². The summed E-state index contributed by atoms with van der Waals surface area (Å²) in [5.41, 5.74) is 1.11. The van der Waals surface area contributed by atoms with Gasteiger partial charge in [-0.25, -0.2) is 4.79 Å². The van der Waals surface area contributed by atoms with E-state index in [0.717, 1.165) is 11.8 Å². The van der Waals surface area contributed by atoms with E-state index in [-0.39, 0.29) is 5.04 Å². The van der Waals surface area contributed by atoms with Gasteiger partial charge in [0.15, 0.2) is 9.76 Å². The minimum absolute atomic E-state index is 0.170. The van der Waals surface area contributed by atoms with E-state index in [1.54, 1.807) is 25.1 Å². The van der Waals surface area contributed by atoms with Crippen LogP contribution in [0.4, 0.5) is 0 Å². The van der Waals surface area contributed by atoms with Gasteiger partial charge >= 0.3 is 5.97 Å². The molecule has 1 aromatic carbocycles. The van der Waals surface area contributed by atoms with Gasteiger partial charge in [-0.3, -0.25) is 4.79 Å². The highest BCUT2D eigenvalue weighted by atomic mass is 28.2. The second kappa shape index (κ2) is 7.20. The number of hydrogen-bond donors (Lipinski definition) is 0. The van der Waals surface area contributed by atoms with Crippen LogP contribution in [-0.4, -0.2) is 28.6 Å². The van der Waals surface area contributed by atoms with Crippen molar-refractivity contribution in [2.75, 3.05) is 6.61 Å². The summed E-state index contributed by atoms with van der Waals surface area (Å²) in [6.45, 7) is 12.4. The Bertz CT molecular complexity index is 544.